The van der Waals surface area contributed by atoms with Crippen LogP contribution in [0.1, 0.15) is 15.9 Å². The summed E-state index contributed by atoms with van der Waals surface area (Å²) >= 11 is 0. The number of aromatic nitrogens is 2. The fourth-order valence-corrected chi connectivity index (χ4v) is 2.01. The highest BCUT2D eigenvalue weighted by molar-refractivity contribution is 5.94. The molecule has 10 heteroatoms. The predicted octanol–water partition coefficient (Wildman–Crippen LogP) is 2.76. The lowest BCUT2D eigenvalue weighted by atomic mass is 10.2. The first-order valence-corrected chi connectivity index (χ1v) is 6.61. The molecule has 0 atom stereocenters. The maximum Gasteiger partial charge on any atom is 0.416 e. The van der Waals surface area contributed by atoms with Crippen LogP contribution in [0.25, 0.3) is 0 Å². The molecule has 24 heavy (non-hydrogen) atoms. The van der Waals surface area contributed by atoms with E-state index in [9.17, 15) is 23.1 Å². The standard InChI is InChI=1S/C14H9F3N2O5/c15-14(16,17)7-2-1-3-8(6-7)24-11-9(13(20)21)10-12(19-18-11)23-5-4-22-10/h1-3,6H,4-5H2,(H,20,21). The Morgan fingerprint density at radius 3 is 2.67 bits per heavy atom. The summed E-state index contributed by atoms with van der Waals surface area (Å²) in [6.45, 7) is 0.274. The minimum Gasteiger partial charge on any atom is -0.483 e. The molecule has 0 radical (unpaired) electrons. The van der Waals surface area contributed by atoms with E-state index in [1.807, 2.05) is 0 Å². The van der Waals surface area contributed by atoms with Crippen LogP contribution in [0.2, 0.25) is 0 Å². The molecule has 1 N–H and O–H groups in total. The van der Waals surface area contributed by atoms with E-state index in [-0.39, 0.29) is 30.6 Å². The zero-order valence-corrected chi connectivity index (χ0v) is 11.8. The number of rotatable bonds is 3. The van der Waals surface area contributed by atoms with E-state index < -0.39 is 29.2 Å². The molecule has 0 fully saturated rings. The highest BCUT2D eigenvalue weighted by Crippen LogP contribution is 2.38. The van der Waals surface area contributed by atoms with E-state index in [4.69, 9.17) is 14.2 Å². The number of aromatic carboxylic acids is 1. The second-order valence-corrected chi connectivity index (χ2v) is 4.64. The predicted molar refractivity (Wildman–Crippen MR) is 71.5 cm³/mol. The molecule has 7 nitrogen and oxygen atoms in total. The van der Waals surface area contributed by atoms with Gasteiger partial charge in [-0.25, -0.2) is 4.79 Å². The number of alkyl halides is 3. The summed E-state index contributed by atoms with van der Waals surface area (Å²) in [5.41, 5.74) is -1.42. The Labute approximate surface area is 132 Å². The van der Waals surface area contributed by atoms with Gasteiger partial charge in [-0.15, -0.1) is 10.2 Å². The Bertz CT molecular complexity index is 794. The van der Waals surface area contributed by atoms with E-state index >= 15 is 0 Å². The van der Waals surface area contributed by atoms with Crippen LogP contribution < -0.4 is 14.2 Å². The van der Waals surface area contributed by atoms with Crippen molar-refractivity contribution >= 4 is 5.97 Å². The first-order chi connectivity index (χ1) is 11.4. The Morgan fingerprint density at radius 1 is 1.21 bits per heavy atom. The number of fused-ring (bicyclic) bond motifs is 1. The molecule has 0 unspecified atom stereocenters. The van der Waals surface area contributed by atoms with Gasteiger partial charge in [-0.2, -0.15) is 13.2 Å². The van der Waals surface area contributed by atoms with Gasteiger partial charge in [-0.05, 0) is 18.2 Å². The van der Waals surface area contributed by atoms with Gasteiger partial charge in [-0.1, -0.05) is 6.07 Å². The average molecular weight is 342 g/mol. The minimum absolute atomic E-state index is 0.0992. The van der Waals surface area contributed by atoms with Crippen molar-refractivity contribution < 1.29 is 37.3 Å². The van der Waals surface area contributed by atoms with Gasteiger partial charge in [-0.3, -0.25) is 0 Å². The summed E-state index contributed by atoms with van der Waals surface area (Å²) in [5.74, 6) is -2.46. The van der Waals surface area contributed by atoms with Gasteiger partial charge in [0.1, 0.15) is 19.0 Å². The lowest BCUT2D eigenvalue weighted by Gasteiger charge is -2.19. The van der Waals surface area contributed by atoms with Gasteiger partial charge < -0.3 is 19.3 Å². The number of hydrogen-bond acceptors (Lipinski definition) is 6. The van der Waals surface area contributed by atoms with Crippen LogP contribution in [-0.4, -0.2) is 34.5 Å². The third-order valence-corrected chi connectivity index (χ3v) is 3.03. The number of carboxylic acid groups (broad SMARTS) is 1. The van der Waals surface area contributed by atoms with Crippen LogP contribution in [0.4, 0.5) is 13.2 Å². The SMILES string of the molecule is O=C(O)c1c(Oc2cccc(C(F)(F)F)c2)nnc2c1OCCO2. The maximum atomic E-state index is 12.7. The molecule has 1 aromatic carbocycles. The molecule has 0 bridgehead atoms. The molecular formula is C14H9F3N2O5. The van der Waals surface area contributed by atoms with Gasteiger partial charge in [0, 0.05) is 0 Å². The van der Waals surface area contributed by atoms with E-state index in [0.717, 1.165) is 18.2 Å². The quantitative estimate of drug-likeness (QED) is 0.917. The first kappa shape index (κ1) is 15.8. The van der Waals surface area contributed by atoms with Gasteiger partial charge in [0.25, 0.3) is 11.8 Å². The summed E-state index contributed by atoms with van der Waals surface area (Å²) in [5, 5.41) is 16.5. The first-order valence-electron chi connectivity index (χ1n) is 6.61. The minimum atomic E-state index is -4.56. The van der Waals surface area contributed by atoms with E-state index in [1.165, 1.54) is 6.07 Å². The Balaban J connectivity index is 2.00. The number of halogens is 3. The van der Waals surface area contributed by atoms with Crippen molar-refractivity contribution in [3.63, 3.8) is 0 Å². The highest BCUT2D eigenvalue weighted by Gasteiger charge is 2.32. The number of carboxylic acids is 1. The Morgan fingerprint density at radius 2 is 1.96 bits per heavy atom. The monoisotopic (exact) mass is 342 g/mol. The van der Waals surface area contributed by atoms with Crippen LogP contribution in [0, 0.1) is 0 Å². The van der Waals surface area contributed by atoms with Crippen molar-refractivity contribution in [2.24, 2.45) is 0 Å². The molecule has 1 aliphatic heterocycles. The lowest BCUT2D eigenvalue weighted by Crippen LogP contribution is -2.20. The highest BCUT2D eigenvalue weighted by atomic mass is 19.4. The molecule has 0 spiro atoms. The maximum absolute atomic E-state index is 12.7. The molecule has 2 aromatic rings. The average Bonchev–Trinajstić information content (AvgIpc) is 2.53. The van der Waals surface area contributed by atoms with Crippen LogP contribution in [0.15, 0.2) is 24.3 Å². The van der Waals surface area contributed by atoms with E-state index in [0.29, 0.717) is 0 Å². The van der Waals surface area contributed by atoms with Crippen LogP contribution in [0.3, 0.4) is 0 Å². The van der Waals surface area contributed by atoms with Crippen molar-refractivity contribution in [2.45, 2.75) is 6.18 Å². The normalized spacial score (nSPS) is 13.5. The smallest absolute Gasteiger partial charge is 0.416 e. The fourth-order valence-electron chi connectivity index (χ4n) is 2.01. The van der Waals surface area contributed by atoms with Gasteiger partial charge in [0.15, 0.2) is 5.56 Å². The van der Waals surface area contributed by atoms with Gasteiger partial charge in [0.2, 0.25) is 5.75 Å². The van der Waals surface area contributed by atoms with Crippen molar-refractivity contribution in [3.8, 4) is 23.3 Å². The Kier molecular flexibility index (Phi) is 3.87. The third kappa shape index (κ3) is 3.03. The Hall–Kier alpha value is -3.04. The van der Waals surface area contributed by atoms with Crippen molar-refractivity contribution in [2.75, 3.05) is 13.2 Å². The lowest BCUT2D eigenvalue weighted by molar-refractivity contribution is -0.137. The van der Waals surface area contributed by atoms with Crippen molar-refractivity contribution in [1.29, 1.82) is 0 Å². The summed E-state index contributed by atoms with van der Waals surface area (Å²) < 4.78 is 53.7. The van der Waals surface area contributed by atoms with Crippen LogP contribution in [0.5, 0.6) is 23.3 Å². The molecule has 0 saturated heterocycles. The van der Waals surface area contributed by atoms with E-state index in [1.54, 1.807) is 0 Å². The zero-order chi connectivity index (χ0) is 17.3. The van der Waals surface area contributed by atoms with Crippen molar-refractivity contribution in [1.82, 2.24) is 10.2 Å². The molecule has 126 valence electrons. The van der Waals surface area contributed by atoms with Gasteiger partial charge in [0.05, 0.1) is 5.56 Å². The van der Waals surface area contributed by atoms with Crippen LogP contribution >= 0.6 is 0 Å². The third-order valence-electron chi connectivity index (χ3n) is 3.03. The summed E-state index contributed by atoms with van der Waals surface area (Å²) in [6, 6.07) is 3.95. The number of hydrogen-bond donors (Lipinski definition) is 1. The van der Waals surface area contributed by atoms with Crippen LogP contribution in [-0.2, 0) is 6.18 Å². The molecule has 0 amide bonds. The van der Waals surface area contributed by atoms with Crippen molar-refractivity contribution in [3.05, 3.63) is 35.4 Å². The second kappa shape index (κ2) is 5.87. The molecular weight excluding hydrogens is 333 g/mol. The number of ether oxygens (including phenoxy) is 3. The summed E-state index contributed by atoms with van der Waals surface area (Å²) in [6.07, 6.45) is -4.56. The molecule has 0 aliphatic carbocycles. The largest absolute Gasteiger partial charge is 0.483 e. The molecule has 1 aliphatic rings. The molecule has 3 rings (SSSR count). The second-order valence-electron chi connectivity index (χ2n) is 4.64. The fraction of sp³-hybridized carbons (Fsp3) is 0.214. The number of benzene rings is 1. The molecule has 0 saturated carbocycles. The topological polar surface area (TPSA) is 90.8 Å². The zero-order valence-electron chi connectivity index (χ0n) is 11.8. The van der Waals surface area contributed by atoms with E-state index in [2.05, 4.69) is 10.2 Å². The van der Waals surface area contributed by atoms with Gasteiger partial charge >= 0.3 is 12.1 Å². The number of carbonyl (C=O) groups is 1. The summed E-state index contributed by atoms with van der Waals surface area (Å²) in [7, 11) is 0. The number of nitrogens with zero attached hydrogens (tertiary/aromatic N) is 2. The molecule has 1 aromatic heterocycles. The summed E-state index contributed by atoms with van der Waals surface area (Å²) in [4.78, 5) is 11.4. The molecule has 2 heterocycles.